The van der Waals surface area contributed by atoms with E-state index in [0.29, 0.717) is 0 Å². The van der Waals surface area contributed by atoms with Gasteiger partial charge in [-0.15, -0.1) is 5.10 Å². The molecule has 3 aromatic carbocycles. The number of rotatable bonds is 2. The molecule has 0 unspecified atom stereocenters. The second kappa shape index (κ2) is 5.41. The third-order valence-electron chi connectivity index (χ3n) is 3.82. The van der Waals surface area contributed by atoms with Crippen LogP contribution in [0.2, 0.25) is 0 Å². The quantitative estimate of drug-likeness (QED) is 0.381. The summed E-state index contributed by atoms with van der Waals surface area (Å²) in [7, 11) is 0. The lowest BCUT2D eigenvalue weighted by atomic mass is 10.1. The maximum absolute atomic E-state index is 4.49. The molecule has 0 radical (unpaired) electrons. The third kappa shape index (κ3) is 2.15. The van der Waals surface area contributed by atoms with Crippen molar-refractivity contribution >= 4 is 11.9 Å². The molecule has 4 rings (SSSR count). The molecule has 0 heterocycles. The van der Waals surface area contributed by atoms with E-state index >= 15 is 0 Å². The van der Waals surface area contributed by atoms with E-state index in [0.717, 1.165) is 22.4 Å². The fourth-order valence-corrected chi connectivity index (χ4v) is 2.79. The largest absolute Gasteiger partial charge is 0.158 e. The van der Waals surface area contributed by atoms with Crippen molar-refractivity contribution in [3.05, 3.63) is 95.6 Å². The Morgan fingerprint density at radius 2 is 1.05 bits per heavy atom. The van der Waals surface area contributed by atoms with Crippen LogP contribution in [0, 0.1) is 0 Å². The maximum Gasteiger partial charge on any atom is 0.101 e. The first-order valence-corrected chi connectivity index (χ1v) is 7.29. The van der Waals surface area contributed by atoms with Crippen LogP contribution in [0.5, 0.6) is 0 Å². The summed E-state index contributed by atoms with van der Waals surface area (Å²) < 4.78 is 0. The highest BCUT2D eigenvalue weighted by Crippen LogP contribution is 2.36. The van der Waals surface area contributed by atoms with Gasteiger partial charge in [0, 0.05) is 11.1 Å². The molecule has 104 valence electrons. The Morgan fingerprint density at radius 3 is 1.64 bits per heavy atom. The van der Waals surface area contributed by atoms with E-state index in [-0.39, 0.29) is 0 Å². The molecule has 0 amide bonds. The molecule has 0 spiro atoms. The molecule has 2 nitrogen and oxygen atoms in total. The molecular formula is C20H14N2. The van der Waals surface area contributed by atoms with Gasteiger partial charge >= 0.3 is 0 Å². The predicted octanol–water partition coefficient (Wildman–Crippen LogP) is 4.54. The van der Waals surface area contributed by atoms with Gasteiger partial charge in [0.25, 0.3) is 0 Å². The zero-order valence-electron chi connectivity index (χ0n) is 12.0. The number of nitrogens with zero attached hydrogens (tertiary/aromatic N) is 2. The van der Waals surface area contributed by atoms with Crippen molar-refractivity contribution in [3.8, 4) is 11.1 Å². The van der Waals surface area contributed by atoms with Gasteiger partial charge in [-0.25, -0.2) is 0 Å². The molecule has 3 aromatic rings. The van der Waals surface area contributed by atoms with Crippen LogP contribution in [-0.4, -0.2) is 11.9 Å². The van der Waals surface area contributed by atoms with Crippen LogP contribution in [0.1, 0.15) is 16.7 Å². The normalized spacial score (nSPS) is 12.3. The molecule has 0 saturated heterocycles. The fourth-order valence-electron chi connectivity index (χ4n) is 2.79. The third-order valence-corrected chi connectivity index (χ3v) is 3.82. The maximum atomic E-state index is 4.49. The number of hydrogen-bond donors (Lipinski definition) is 0. The van der Waals surface area contributed by atoms with Gasteiger partial charge in [-0.3, -0.25) is 0 Å². The summed E-state index contributed by atoms with van der Waals surface area (Å²) in [4.78, 5) is 0. The summed E-state index contributed by atoms with van der Waals surface area (Å²) >= 11 is 0. The molecule has 0 fully saturated rings. The first kappa shape index (κ1) is 12.7. The zero-order valence-corrected chi connectivity index (χ0v) is 12.0. The summed E-state index contributed by atoms with van der Waals surface area (Å²) in [6, 6.07) is 26.7. The van der Waals surface area contributed by atoms with Crippen molar-refractivity contribution < 1.29 is 0 Å². The Morgan fingerprint density at radius 1 is 0.545 bits per heavy atom. The molecule has 0 aromatic heterocycles. The van der Waals surface area contributed by atoms with Crippen LogP contribution < -0.4 is 0 Å². The Hall–Kier alpha value is -3.00. The first-order chi connectivity index (χ1) is 10.9. The number of hydrogen-bond acceptors (Lipinski definition) is 2. The lowest BCUT2D eigenvalue weighted by molar-refractivity contribution is 1.25. The van der Waals surface area contributed by atoms with Gasteiger partial charge in [0.15, 0.2) is 0 Å². The monoisotopic (exact) mass is 282 g/mol. The van der Waals surface area contributed by atoms with E-state index in [9.17, 15) is 0 Å². The van der Waals surface area contributed by atoms with Crippen LogP contribution >= 0.6 is 0 Å². The van der Waals surface area contributed by atoms with Crippen molar-refractivity contribution in [1.82, 2.24) is 0 Å². The molecule has 1 aliphatic carbocycles. The molecular weight excluding hydrogens is 268 g/mol. The second-order valence-corrected chi connectivity index (χ2v) is 5.20. The van der Waals surface area contributed by atoms with E-state index in [4.69, 9.17) is 0 Å². The van der Waals surface area contributed by atoms with Gasteiger partial charge in [-0.2, -0.15) is 5.10 Å². The molecule has 0 bridgehead atoms. The van der Waals surface area contributed by atoms with Crippen molar-refractivity contribution in [2.24, 2.45) is 10.2 Å². The van der Waals surface area contributed by atoms with E-state index in [1.165, 1.54) is 11.1 Å². The molecule has 22 heavy (non-hydrogen) atoms. The minimum atomic E-state index is 0.943. The molecule has 0 N–H and O–H groups in total. The van der Waals surface area contributed by atoms with Crippen molar-refractivity contribution in [3.63, 3.8) is 0 Å². The fraction of sp³-hybridized carbons (Fsp3) is 0. The Bertz CT molecular complexity index is 829. The van der Waals surface area contributed by atoms with Crippen molar-refractivity contribution in [1.29, 1.82) is 0 Å². The molecule has 0 aliphatic heterocycles. The zero-order chi connectivity index (χ0) is 14.8. The molecule has 0 saturated carbocycles. The molecule has 0 atom stereocenters. The minimum absolute atomic E-state index is 0.943. The highest BCUT2D eigenvalue weighted by atomic mass is 15.2. The summed E-state index contributed by atoms with van der Waals surface area (Å²) in [5.41, 5.74) is 6.74. The minimum Gasteiger partial charge on any atom is -0.158 e. The number of benzene rings is 3. The summed E-state index contributed by atoms with van der Waals surface area (Å²) in [6.45, 7) is 0. The summed E-state index contributed by atoms with van der Waals surface area (Å²) in [6.07, 6.45) is 1.79. The second-order valence-electron chi connectivity index (χ2n) is 5.20. The van der Waals surface area contributed by atoms with Gasteiger partial charge in [0.05, 0.1) is 6.21 Å². The van der Waals surface area contributed by atoms with Crippen LogP contribution in [-0.2, 0) is 0 Å². The van der Waals surface area contributed by atoms with Crippen molar-refractivity contribution in [2.45, 2.75) is 0 Å². The Labute approximate surface area is 129 Å². The van der Waals surface area contributed by atoms with Gasteiger partial charge in [-0.1, -0.05) is 78.9 Å². The molecule has 1 aliphatic rings. The standard InChI is InChI=1S/C20H14N2/c1-2-8-15(9-3-1)14-21-22-20-18-12-6-4-10-16(18)17-11-5-7-13-19(17)20/h1-14H/b21-14+. The molecule has 2 heteroatoms. The van der Waals surface area contributed by atoms with Crippen LogP contribution in [0.4, 0.5) is 0 Å². The highest BCUT2D eigenvalue weighted by Gasteiger charge is 2.23. The van der Waals surface area contributed by atoms with Crippen LogP contribution in [0.15, 0.2) is 89.1 Å². The van der Waals surface area contributed by atoms with Crippen molar-refractivity contribution in [2.75, 3.05) is 0 Å². The van der Waals surface area contributed by atoms with E-state index in [2.05, 4.69) is 46.6 Å². The summed E-state index contributed by atoms with van der Waals surface area (Å²) in [5.74, 6) is 0. The summed E-state index contributed by atoms with van der Waals surface area (Å²) in [5, 5.41) is 8.77. The van der Waals surface area contributed by atoms with Crippen LogP contribution in [0.3, 0.4) is 0 Å². The lowest BCUT2D eigenvalue weighted by Gasteiger charge is -1.98. The number of fused-ring (bicyclic) bond motifs is 3. The topological polar surface area (TPSA) is 24.7 Å². The lowest BCUT2D eigenvalue weighted by Crippen LogP contribution is -1.97. The van der Waals surface area contributed by atoms with E-state index in [1.807, 2.05) is 42.5 Å². The van der Waals surface area contributed by atoms with Gasteiger partial charge < -0.3 is 0 Å². The van der Waals surface area contributed by atoms with E-state index in [1.54, 1.807) is 6.21 Å². The first-order valence-electron chi connectivity index (χ1n) is 7.29. The Kier molecular flexibility index (Phi) is 3.13. The average Bonchev–Trinajstić information content (AvgIpc) is 2.91. The van der Waals surface area contributed by atoms with E-state index < -0.39 is 0 Å². The van der Waals surface area contributed by atoms with Gasteiger partial charge in [0.1, 0.15) is 5.71 Å². The predicted molar refractivity (Wildman–Crippen MR) is 91.6 cm³/mol. The van der Waals surface area contributed by atoms with Crippen LogP contribution in [0.25, 0.3) is 11.1 Å². The smallest absolute Gasteiger partial charge is 0.101 e. The SMILES string of the molecule is C(=N\N=C1c2ccccc2-c2ccccc21)/c1ccccc1. The van der Waals surface area contributed by atoms with Gasteiger partial charge in [-0.05, 0) is 16.7 Å². The average molecular weight is 282 g/mol. The highest BCUT2D eigenvalue weighted by molar-refractivity contribution is 6.24. The Balaban J connectivity index is 1.78. The van der Waals surface area contributed by atoms with Gasteiger partial charge in [0.2, 0.25) is 0 Å².